The van der Waals surface area contributed by atoms with Crippen molar-refractivity contribution in [2.45, 2.75) is 37.9 Å². The minimum Gasteiger partial charge on any atom is -0.496 e. The number of alkyl halides is 1. The van der Waals surface area contributed by atoms with E-state index in [9.17, 15) is 0 Å². The van der Waals surface area contributed by atoms with Crippen molar-refractivity contribution in [3.8, 4) is 5.75 Å². The second kappa shape index (κ2) is 6.94. The van der Waals surface area contributed by atoms with E-state index in [0.29, 0.717) is 5.88 Å². The molecule has 0 aromatic heterocycles. The largest absolute Gasteiger partial charge is 0.496 e. The predicted octanol–water partition coefficient (Wildman–Crippen LogP) is 5.24. The summed E-state index contributed by atoms with van der Waals surface area (Å²) >= 11 is 5.95. The second-order valence-electron chi connectivity index (χ2n) is 6.24. The highest BCUT2D eigenvalue weighted by molar-refractivity contribution is 6.17. The summed E-state index contributed by atoms with van der Waals surface area (Å²) in [5, 5.41) is 0. The van der Waals surface area contributed by atoms with E-state index < -0.39 is 0 Å². The highest BCUT2D eigenvalue weighted by Gasteiger charge is 2.39. The molecule has 122 valence electrons. The molecule has 3 rings (SSSR count). The van der Waals surface area contributed by atoms with Crippen LogP contribution in [0.4, 0.5) is 0 Å². The molecule has 23 heavy (non-hydrogen) atoms. The summed E-state index contributed by atoms with van der Waals surface area (Å²) in [7, 11) is 1.72. The van der Waals surface area contributed by atoms with Gasteiger partial charge in [-0.25, -0.2) is 0 Å². The van der Waals surface area contributed by atoms with Crippen LogP contribution in [0.1, 0.15) is 42.6 Å². The van der Waals surface area contributed by atoms with Gasteiger partial charge in [-0.15, -0.1) is 11.6 Å². The molecule has 0 N–H and O–H groups in total. The van der Waals surface area contributed by atoms with Gasteiger partial charge in [0.15, 0.2) is 0 Å². The van der Waals surface area contributed by atoms with Crippen molar-refractivity contribution in [3.63, 3.8) is 0 Å². The first kappa shape index (κ1) is 16.4. The molecule has 2 aromatic rings. The van der Waals surface area contributed by atoms with Gasteiger partial charge in [-0.2, -0.15) is 0 Å². The Morgan fingerprint density at radius 2 is 1.96 bits per heavy atom. The van der Waals surface area contributed by atoms with Crippen LogP contribution in [-0.4, -0.2) is 13.0 Å². The van der Waals surface area contributed by atoms with Crippen LogP contribution in [0.5, 0.6) is 5.75 Å². The fourth-order valence-corrected chi connectivity index (χ4v) is 3.71. The first-order chi connectivity index (χ1) is 11.2. The number of methoxy groups -OCH3 is 1. The molecular formula is C20H23ClO2. The molecule has 0 fully saturated rings. The van der Waals surface area contributed by atoms with Gasteiger partial charge < -0.3 is 9.47 Å². The molecule has 0 aliphatic carbocycles. The molecule has 1 aliphatic rings. The van der Waals surface area contributed by atoms with Gasteiger partial charge in [0.2, 0.25) is 0 Å². The van der Waals surface area contributed by atoms with E-state index in [1.807, 2.05) is 12.1 Å². The quantitative estimate of drug-likeness (QED) is 0.698. The fraction of sp³-hybridized carbons (Fsp3) is 0.400. The van der Waals surface area contributed by atoms with Crippen LogP contribution in [-0.2, 0) is 16.8 Å². The predicted molar refractivity (Wildman–Crippen MR) is 94.3 cm³/mol. The zero-order valence-corrected chi connectivity index (χ0v) is 14.5. The maximum atomic E-state index is 6.59. The maximum absolute atomic E-state index is 6.59. The number of hydrogen-bond acceptors (Lipinski definition) is 2. The molecule has 1 aliphatic heterocycles. The summed E-state index contributed by atoms with van der Waals surface area (Å²) < 4.78 is 12.2. The SMILES string of the molecule is COc1cccc2c1C(C)(CCCCl)OC(c1ccccc1)C2. The third-order valence-electron chi connectivity index (χ3n) is 4.63. The van der Waals surface area contributed by atoms with Gasteiger partial charge in [0.05, 0.1) is 18.8 Å². The Hall–Kier alpha value is -1.51. The van der Waals surface area contributed by atoms with Crippen LogP contribution in [0.3, 0.4) is 0 Å². The number of benzene rings is 2. The van der Waals surface area contributed by atoms with Gasteiger partial charge in [-0.05, 0) is 37.0 Å². The summed E-state index contributed by atoms with van der Waals surface area (Å²) in [4.78, 5) is 0. The molecule has 0 bridgehead atoms. The molecule has 2 atom stereocenters. The van der Waals surface area contributed by atoms with Crippen LogP contribution < -0.4 is 4.74 Å². The van der Waals surface area contributed by atoms with Crippen molar-refractivity contribution in [1.29, 1.82) is 0 Å². The van der Waals surface area contributed by atoms with E-state index in [-0.39, 0.29) is 11.7 Å². The number of fused-ring (bicyclic) bond motifs is 1. The summed E-state index contributed by atoms with van der Waals surface area (Å²) in [6.07, 6.45) is 2.73. The Balaban J connectivity index is 2.04. The van der Waals surface area contributed by atoms with Crippen LogP contribution in [0.15, 0.2) is 48.5 Å². The average Bonchev–Trinajstić information content (AvgIpc) is 2.60. The molecule has 3 heteroatoms. The molecular weight excluding hydrogens is 308 g/mol. The summed E-state index contributed by atoms with van der Waals surface area (Å²) in [6.45, 7) is 2.16. The molecule has 1 heterocycles. The molecule has 2 nitrogen and oxygen atoms in total. The molecule has 2 aromatic carbocycles. The van der Waals surface area contributed by atoms with Gasteiger partial charge in [-0.3, -0.25) is 0 Å². The van der Waals surface area contributed by atoms with Gasteiger partial charge in [0.25, 0.3) is 0 Å². The smallest absolute Gasteiger partial charge is 0.125 e. The Morgan fingerprint density at radius 1 is 1.17 bits per heavy atom. The van der Waals surface area contributed by atoms with E-state index >= 15 is 0 Å². The molecule has 2 unspecified atom stereocenters. The molecule has 0 spiro atoms. The van der Waals surface area contributed by atoms with Gasteiger partial charge in [0, 0.05) is 17.9 Å². The molecule has 0 amide bonds. The van der Waals surface area contributed by atoms with Gasteiger partial charge >= 0.3 is 0 Å². The zero-order chi connectivity index (χ0) is 16.3. The topological polar surface area (TPSA) is 18.5 Å². The highest BCUT2D eigenvalue weighted by atomic mass is 35.5. The van der Waals surface area contributed by atoms with Crippen LogP contribution in [0, 0.1) is 0 Å². The minimum absolute atomic E-state index is 0.0659. The fourth-order valence-electron chi connectivity index (χ4n) is 3.57. The summed E-state index contributed by atoms with van der Waals surface area (Å²) in [6, 6.07) is 16.7. The van der Waals surface area contributed by atoms with Crippen molar-refractivity contribution in [3.05, 3.63) is 65.2 Å². The van der Waals surface area contributed by atoms with Crippen molar-refractivity contribution in [2.24, 2.45) is 0 Å². The van der Waals surface area contributed by atoms with Crippen LogP contribution in [0.25, 0.3) is 0 Å². The first-order valence-corrected chi connectivity index (χ1v) is 8.66. The normalized spacial score (nSPS) is 23.3. The van der Waals surface area contributed by atoms with Gasteiger partial charge in [0.1, 0.15) is 5.75 Å². The van der Waals surface area contributed by atoms with Crippen LogP contribution >= 0.6 is 11.6 Å². The third kappa shape index (κ3) is 3.24. The average molecular weight is 331 g/mol. The maximum Gasteiger partial charge on any atom is 0.125 e. The van der Waals surface area contributed by atoms with E-state index in [1.54, 1.807) is 7.11 Å². The number of halogens is 1. The Morgan fingerprint density at radius 3 is 2.65 bits per heavy atom. The standard InChI is InChI=1S/C20H23ClO2/c1-20(12-7-13-21)19-16(10-6-11-17(19)22-2)14-18(23-20)15-8-4-3-5-9-15/h3-6,8-11,18H,7,12-14H2,1-2H3. The lowest BCUT2D eigenvalue weighted by Gasteiger charge is -2.41. The highest BCUT2D eigenvalue weighted by Crippen LogP contribution is 2.47. The van der Waals surface area contributed by atoms with Crippen molar-refractivity contribution < 1.29 is 9.47 Å². The van der Waals surface area contributed by atoms with Crippen molar-refractivity contribution in [1.82, 2.24) is 0 Å². The lowest BCUT2D eigenvalue weighted by molar-refractivity contribution is -0.108. The minimum atomic E-state index is -0.379. The van der Waals surface area contributed by atoms with E-state index in [0.717, 1.165) is 25.0 Å². The Bertz CT molecular complexity index is 656. The van der Waals surface area contributed by atoms with Crippen LogP contribution in [0.2, 0.25) is 0 Å². The Kier molecular flexibility index (Phi) is 4.93. The molecule has 0 radical (unpaired) electrons. The number of ether oxygens (including phenoxy) is 2. The number of hydrogen-bond donors (Lipinski definition) is 0. The van der Waals surface area contributed by atoms with Gasteiger partial charge in [-0.1, -0.05) is 42.5 Å². The Labute approximate surface area is 143 Å². The monoisotopic (exact) mass is 330 g/mol. The lowest BCUT2D eigenvalue weighted by atomic mass is 9.81. The molecule has 0 saturated heterocycles. The third-order valence-corrected chi connectivity index (χ3v) is 4.90. The molecule has 0 saturated carbocycles. The van der Waals surface area contributed by atoms with Crippen molar-refractivity contribution >= 4 is 11.6 Å². The van der Waals surface area contributed by atoms with Crippen molar-refractivity contribution in [2.75, 3.05) is 13.0 Å². The van der Waals surface area contributed by atoms with E-state index in [2.05, 4.69) is 43.3 Å². The summed E-state index contributed by atoms with van der Waals surface area (Å²) in [5.74, 6) is 1.55. The number of rotatable bonds is 5. The lowest BCUT2D eigenvalue weighted by Crippen LogP contribution is -2.35. The first-order valence-electron chi connectivity index (χ1n) is 8.13. The van der Waals surface area contributed by atoms with E-state index in [4.69, 9.17) is 21.1 Å². The summed E-state index contributed by atoms with van der Waals surface area (Å²) in [5.41, 5.74) is 3.33. The second-order valence-corrected chi connectivity index (χ2v) is 6.62. The zero-order valence-electron chi connectivity index (χ0n) is 13.7. The van der Waals surface area contributed by atoms with E-state index in [1.165, 1.54) is 16.7 Å².